The lowest BCUT2D eigenvalue weighted by Crippen LogP contribution is -2.42. The van der Waals surface area contributed by atoms with Gasteiger partial charge in [0, 0.05) is 26.2 Å². The van der Waals surface area contributed by atoms with E-state index in [0.29, 0.717) is 26.2 Å². The summed E-state index contributed by atoms with van der Waals surface area (Å²) in [5.74, 6) is 0.927. The summed E-state index contributed by atoms with van der Waals surface area (Å²) in [5, 5.41) is 10.6. The van der Waals surface area contributed by atoms with Crippen LogP contribution in [0.5, 0.6) is 0 Å². The number of hydrogen-bond acceptors (Lipinski definition) is 5. The average Bonchev–Trinajstić information content (AvgIpc) is 2.73. The summed E-state index contributed by atoms with van der Waals surface area (Å²) < 4.78 is 2.01. The zero-order chi connectivity index (χ0) is 11.4. The first-order valence-corrected chi connectivity index (χ1v) is 5.35. The van der Waals surface area contributed by atoms with Crippen molar-refractivity contribution >= 4 is 5.91 Å². The SMILES string of the molecule is NCCNC(=O)CN1CCn2cnnc2C1. The summed E-state index contributed by atoms with van der Waals surface area (Å²) in [6, 6.07) is 0. The first-order chi connectivity index (χ1) is 7.79. The van der Waals surface area contributed by atoms with Crippen LogP contribution in [0, 0.1) is 0 Å². The molecule has 2 heterocycles. The molecule has 0 saturated carbocycles. The molecule has 0 radical (unpaired) electrons. The summed E-state index contributed by atoms with van der Waals surface area (Å²) in [6.45, 7) is 3.76. The monoisotopic (exact) mass is 224 g/mol. The lowest BCUT2D eigenvalue weighted by atomic mass is 10.3. The molecule has 1 aliphatic heterocycles. The highest BCUT2D eigenvalue weighted by Crippen LogP contribution is 2.07. The smallest absolute Gasteiger partial charge is 0.234 e. The van der Waals surface area contributed by atoms with Gasteiger partial charge in [-0.05, 0) is 0 Å². The average molecular weight is 224 g/mol. The maximum Gasteiger partial charge on any atom is 0.234 e. The summed E-state index contributed by atoms with van der Waals surface area (Å²) in [6.07, 6.45) is 1.72. The molecule has 0 bridgehead atoms. The van der Waals surface area contributed by atoms with E-state index in [4.69, 9.17) is 5.73 Å². The zero-order valence-electron chi connectivity index (χ0n) is 9.09. The second-order valence-electron chi connectivity index (χ2n) is 3.79. The van der Waals surface area contributed by atoms with Gasteiger partial charge in [0.2, 0.25) is 5.91 Å². The van der Waals surface area contributed by atoms with Crippen molar-refractivity contribution in [3.63, 3.8) is 0 Å². The lowest BCUT2D eigenvalue weighted by molar-refractivity contribution is -0.122. The van der Waals surface area contributed by atoms with Crippen molar-refractivity contribution in [1.82, 2.24) is 25.0 Å². The molecule has 7 heteroatoms. The van der Waals surface area contributed by atoms with E-state index in [1.54, 1.807) is 6.33 Å². The van der Waals surface area contributed by atoms with Gasteiger partial charge in [0.1, 0.15) is 12.2 Å². The number of carbonyl (C=O) groups excluding carboxylic acids is 1. The van der Waals surface area contributed by atoms with E-state index in [9.17, 15) is 4.79 Å². The molecular weight excluding hydrogens is 208 g/mol. The van der Waals surface area contributed by atoms with Gasteiger partial charge in [-0.1, -0.05) is 0 Å². The van der Waals surface area contributed by atoms with Crippen molar-refractivity contribution < 1.29 is 4.79 Å². The van der Waals surface area contributed by atoms with Crippen molar-refractivity contribution in [3.05, 3.63) is 12.2 Å². The van der Waals surface area contributed by atoms with Gasteiger partial charge in [-0.2, -0.15) is 0 Å². The van der Waals surface area contributed by atoms with Crippen molar-refractivity contribution in [2.75, 3.05) is 26.2 Å². The van der Waals surface area contributed by atoms with Gasteiger partial charge >= 0.3 is 0 Å². The fraction of sp³-hybridized carbons (Fsp3) is 0.667. The van der Waals surface area contributed by atoms with Gasteiger partial charge in [0.05, 0.1) is 13.1 Å². The number of nitrogens with two attached hydrogens (primary N) is 1. The zero-order valence-corrected chi connectivity index (χ0v) is 9.09. The van der Waals surface area contributed by atoms with Gasteiger partial charge < -0.3 is 15.6 Å². The first kappa shape index (κ1) is 11.0. The van der Waals surface area contributed by atoms with Crippen molar-refractivity contribution in [2.45, 2.75) is 13.1 Å². The second kappa shape index (κ2) is 5.04. The van der Waals surface area contributed by atoms with Crippen LogP contribution in [0.1, 0.15) is 5.82 Å². The first-order valence-electron chi connectivity index (χ1n) is 5.35. The standard InChI is InChI=1S/C9H16N6O/c10-1-2-11-9(16)6-14-3-4-15-7-12-13-8(15)5-14/h7H,1-6,10H2,(H,11,16). The second-order valence-corrected chi connectivity index (χ2v) is 3.79. The van der Waals surface area contributed by atoms with Crippen LogP contribution in [0.4, 0.5) is 0 Å². The third-order valence-electron chi connectivity index (χ3n) is 2.55. The van der Waals surface area contributed by atoms with E-state index < -0.39 is 0 Å². The molecule has 0 aliphatic carbocycles. The Morgan fingerprint density at radius 3 is 3.25 bits per heavy atom. The number of aromatic nitrogens is 3. The molecule has 1 aromatic rings. The third-order valence-corrected chi connectivity index (χ3v) is 2.55. The van der Waals surface area contributed by atoms with Crippen LogP contribution in [0.3, 0.4) is 0 Å². The Morgan fingerprint density at radius 2 is 2.44 bits per heavy atom. The van der Waals surface area contributed by atoms with Crippen LogP contribution >= 0.6 is 0 Å². The van der Waals surface area contributed by atoms with Crippen LogP contribution in [0.25, 0.3) is 0 Å². The molecule has 1 aromatic heterocycles. The number of rotatable bonds is 4. The van der Waals surface area contributed by atoms with E-state index in [-0.39, 0.29) is 5.91 Å². The fourth-order valence-corrected chi connectivity index (χ4v) is 1.72. The highest BCUT2D eigenvalue weighted by Gasteiger charge is 2.18. The fourth-order valence-electron chi connectivity index (χ4n) is 1.72. The van der Waals surface area contributed by atoms with Crippen LogP contribution in [-0.2, 0) is 17.9 Å². The summed E-state index contributed by atoms with van der Waals surface area (Å²) in [5.41, 5.74) is 5.31. The quantitative estimate of drug-likeness (QED) is 0.628. The van der Waals surface area contributed by atoms with E-state index in [2.05, 4.69) is 20.4 Å². The lowest BCUT2D eigenvalue weighted by Gasteiger charge is -2.26. The van der Waals surface area contributed by atoms with Crippen LogP contribution in [0.2, 0.25) is 0 Å². The number of hydrogen-bond donors (Lipinski definition) is 2. The molecule has 16 heavy (non-hydrogen) atoms. The molecule has 0 spiro atoms. The Hall–Kier alpha value is -1.47. The molecule has 0 saturated heterocycles. The maximum atomic E-state index is 11.5. The van der Waals surface area contributed by atoms with Crippen molar-refractivity contribution in [1.29, 1.82) is 0 Å². The number of fused-ring (bicyclic) bond motifs is 1. The molecule has 0 atom stereocenters. The molecular formula is C9H16N6O. The van der Waals surface area contributed by atoms with E-state index >= 15 is 0 Å². The summed E-state index contributed by atoms with van der Waals surface area (Å²) >= 11 is 0. The topological polar surface area (TPSA) is 89.1 Å². The Bertz CT molecular complexity index is 363. The Kier molecular flexibility index (Phi) is 3.47. The minimum absolute atomic E-state index is 0.0124. The number of nitrogens with one attached hydrogen (secondary N) is 1. The van der Waals surface area contributed by atoms with Gasteiger partial charge in [-0.15, -0.1) is 10.2 Å². The molecule has 1 amide bonds. The van der Waals surface area contributed by atoms with E-state index in [1.807, 2.05) is 4.57 Å². The maximum absolute atomic E-state index is 11.5. The number of carbonyl (C=O) groups is 1. The predicted molar refractivity (Wildman–Crippen MR) is 57.4 cm³/mol. The van der Waals surface area contributed by atoms with E-state index in [1.165, 1.54) is 0 Å². The summed E-state index contributed by atoms with van der Waals surface area (Å²) in [7, 11) is 0. The molecule has 88 valence electrons. The van der Waals surface area contributed by atoms with Gasteiger partial charge in [0.15, 0.2) is 0 Å². The summed E-state index contributed by atoms with van der Waals surface area (Å²) in [4.78, 5) is 13.5. The number of nitrogens with zero attached hydrogens (tertiary/aromatic N) is 4. The van der Waals surface area contributed by atoms with Gasteiger partial charge in [-0.3, -0.25) is 9.69 Å². The molecule has 1 aliphatic rings. The molecule has 0 fully saturated rings. The van der Waals surface area contributed by atoms with Crippen LogP contribution < -0.4 is 11.1 Å². The highest BCUT2D eigenvalue weighted by atomic mass is 16.2. The Morgan fingerprint density at radius 1 is 1.56 bits per heavy atom. The van der Waals surface area contributed by atoms with Gasteiger partial charge in [-0.25, -0.2) is 0 Å². The minimum atomic E-state index is 0.0124. The molecule has 2 rings (SSSR count). The number of amides is 1. The predicted octanol–water partition coefficient (Wildman–Crippen LogP) is -1.83. The minimum Gasteiger partial charge on any atom is -0.354 e. The van der Waals surface area contributed by atoms with E-state index in [0.717, 1.165) is 18.9 Å². The molecule has 0 unspecified atom stereocenters. The molecule has 7 nitrogen and oxygen atoms in total. The van der Waals surface area contributed by atoms with Crippen LogP contribution in [-0.4, -0.2) is 51.8 Å². The largest absolute Gasteiger partial charge is 0.354 e. The van der Waals surface area contributed by atoms with Gasteiger partial charge in [0.25, 0.3) is 0 Å². The Balaban J connectivity index is 1.82. The third kappa shape index (κ3) is 2.56. The normalized spacial score (nSPS) is 15.8. The van der Waals surface area contributed by atoms with Crippen LogP contribution in [0.15, 0.2) is 6.33 Å². The highest BCUT2D eigenvalue weighted by molar-refractivity contribution is 5.77. The van der Waals surface area contributed by atoms with Crippen molar-refractivity contribution in [2.24, 2.45) is 5.73 Å². The van der Waals surface area contributed by atoms with Crippen molar-refractivity contribution in [3.8, 4) is 0 Å². The molecule has 3 N–H and O–H groups in total. The molecule has 0 aromatic carbocycles. The Labute approximate surface area is 93.6 Å².